The minimum absolute atomic E-state index is 0.0328. The molecular weight excluding hydrogens is 257 g/mol. The van der Waals surface area contributed by atoms with Crippen molar-refractivity contribution in [2.24, 2.45) is 0 Å². The normalized spacial score (nSPS) is 19.8. The van der Waals surface area contributed by atoms with Crippen molar-refractivity contribution in [1.82, 2.24) is 4.90 Å². The van der Waals surface area contributed by atoms with Crippen LogP contribution in [0.25, 0.3) is 0 Å². The zero-order valence-electron chi connectivity index (χ0n) is 12.2. The second kappa shape index (κ2) is 5.40. The van der Waals surface area contributed by atoms with Crippen molar-refractivity contribution in [3.63, 3.8) is 0 Å². The number of hydrogen-bond donors (Lipinski definition) is 2. The Hall–Kier alpha value is -1.62. The van der Waals surface area contributed by atoms with Gasteiger partial charge in [-0.3, -0.25) is 9.69 Å². The summed E-state index contributed by atoms with van der Waals surface area (Å²) in [6, 6.07) is 3.75. The second-order valence-electron chi connectivity index (χ2n) is 6.01. The first kappa shape index (κ1) is 14.8. The van der Waals surface area contributed by atoms with Gasteiger partial charge in [0.05, 0.1) is 17.4 Å². The zero-order valence-corrected chi connectivity index (χ0v) is 12.2. The summed E-state index contributed by atoms with van der Waals surface area (Å²) < 4.78 is 13.0. The molecule has 0 spiro atoms. The highest BCUT2D eigenvalue weighted by molar-refractivity contribution is 5.97. The average molecular weight is 279 g/mol. The van der Waals surface area contributed by atoms with Gasteiger partial charge < -0.3 is 11.1 Å². The van der Waals surface area contributed by atoms with Crippen LogP contribution in [0.3, 0.4) is 0 Å². The van der Waals surface area contributed by atoms with Crippen LogP contribution in [0.4, 0.5) is 15.8 Å². The SMILES string of the molecule is CC(C(=O)Nc1ccc(F)cc1N)N1CCCC1(C)C. The number of carbonyl (C=O) groups excluding carboxylic acids is 1. The van der Waals surface area contributed by atoms with Crippen LogP contribution in [0.15, 0.2) is 18.2 Å². The molecule has 3 N–H and O–H groups in total. The molecule has 0 saturated carbocycles. The molecule has 0 aromatic heterocycles. The lowest BCUT2D eigenvalue weighted by Crippen LogP contribution is -2.49. The lowest BCUT2D eigenvalue weighted by molar-refractivity contribution is -0.122. The maximum absolute atomic E-state index is 13.0. The van der Waals surface area contributed by atoms with E-state index in [-0.39, 0.29) is 23.2 Å². The number of rotatable bonds is 3. The largest absolute Gasteiger partial charge is 0.397 e. The molecule has 1 fully saturated rings. The smallest absolute Gasteiger partial charge is 0.241 e. The summed E-state index contributed by atoms with van der Waals surface area (Å²) in [6.45, 7) is 7.11. The van der Waals surface area contributed by atoms with Gasteiger partial charge in [0.1, 0.15) is 5.82 Å². The number of nitrogens with one attached hydrogen (secondary N) is 1. The van der Waals surface area contributed by atoms with Crippen molar-refractivity contribution in [2.75, 3.05) is 17.6 Å². The molecule has 110 valence electrons. The summed E-state index contributed by atoms with van der Waals surface area (Å²) in [6.07, 6.45) is 2.19. The Morgan fingerprint density at radius 3 is 2.75 bits per heavy atom. The third-order valence-corrected chi connectivity index (χ3v) is 4.08. The topological polar surface area (TPSA) is 58.4 Å². The number of anilines is 2. The Morgan fingerprint density at radius 1 is 1.50 bits per heavy atom. The standard InChI is InChI=1S/C15H22FN3O/c1-10(19-8-4-7-15(19,2)3)14(20)18-13-6-5-11(16)9-12(13)17/h5-6,9-10H,4,7-8,17H2,1-3H3,(H,18,20). The van der Waals surface area contributed by atoms with Crippen LogP contribution in [0.1, 0.15) is 33.6 Å². The molecule has 1 amide bonds. The minimum atomic E-state index is -0.408. The molecule has 1 aromatic carbocycles. The van der Waals surface area contributed by atoms with Crippen molar-refractivity contribution in [2.45, 2.75) is 45.2 Å². The van der Waals surface area contributed by atoms with Crippen LogP contribution in [0, 0.1) is 5.82 Å². The van der Waals surface area contributed by atoms with Crippen molar-refractivity contribution in [1.29, 1.82) is 0 Å². The van der Waals surface area contributed by atoms with E-state index in [0.29, 0.717) is 5.69 Å². The molecule has 1 unspecified atom stereocenters. The molecule has 2 rings (SSSR count). The van der Waals surface area contributed by atoms with Gasteiger partial charge >= 0.3 is 0 Å². The molecule has 1 aliphatic rings. The van der Waals surface area contributed by atoms with Gasteiger partial charge in [-0.15, -0.1) is 0 Å². The molecule has 1 aliphatic heterocycles. The number of nitrogen functional groups attached to an aromatic ring is 1. The molecule has 1 heterocycles. The average Bonchev–Trinajstić information content (AvgIpc) is 2.71. The monoisotopic (exact) mass is 279 g/mol. The van der Waals surface area contributed by atoms with Gasteiger partial charge in [-0.2, -0.15) is 0 Å². The van der Waals surface area contributed by atoms with E-state index in [1.165, 1.54) is 18.2 Å². The molecule has 0 aliphatic carbocycles. The lowest BCUT2D eigenvalue weighted by atomic mass is 10.0. The predicted octanol–water partition coefficient (Wildman–Crippen LogP) is 2.61. The van der Waals surface area contributed by atoms with Crippen LogP contribution in [0.2, 0.25) is 0 Å². The fraction of sp³-hybridized carbons (Fsp3) is 0.533. The van der Waals surface area contributed by atoms with Gasteiger partial charge in [-0.05, 0) is 58.4 Å². The highest BCUT2D eigenvalue weighted by atomic mass is 19.1. The summed E-state index contributed by atoms with van der Waals surface area (Å²) in [5, 5.41) is 2.78. The van der Waals surface area contributed by atoms with E-state index in [4.69, 9.17) is 5.73 Å². The number of carbonyl (C=O) groups is 1. The fourth-order valence-corrected chi connectivity index (χ4v) is 2.87. The van der Waals surface area contributed by atoms with Gasteiger partial charge in [0.15, 0.2) is 0 Å². The Bertz CT molecular complexity index is 516. The van der Waals surface area contributed by atoms with Crippen LogP contribution in [-0.2, 0) is 4.79 Å². The van der Waals surface area contributed by atoms with Gasteiger partial charge in [0.25, 0.3) is 0 Å². The van der Waals surface area contributed by atoms with Crippen molar-refractivity contribution >= 4 is 17.3 Å². The third-order valence-electron chi connectivity index (χ3n) is 4.08. The van der Waals surface area contributed by atoms with E-state index >= 15 is 0 Å². The van der Waals surface area contributed by atoms with Crippen molar-refractivity contribution in [3.8, 4) is 0 Å². The number of nitrogens with two attached hydrogens (primary N) is 1. The van der Waals surface area contributed by atoms with Gasteiger partial charge in [-0.25, -0.2) is 4.39 Å². The van der Waals surface area contributed by atoms with Gasteiger partial charge in [0, 0.05) is 5.54 Å². The first-order valence-electron chi connectivity index (χ1n) is 6.94. The molecule has 1 atom stereocenters. The third kappa shape index (κ3) is 2.93. The first-order chi connectivity index (χ1) is 9.31. The highest BCUT2D eigenvalue weighted by Crippen LogP contribution is 2.30. The summed E-state index contributed by atoms with van der Waals surface area (Å²) in [7, 11) is 0. The number of amides is 1. The van der Waals surface area contributed by atoms with Gasteiger partial charge in [0.2, 0.25) is 5.91 Å². The zero-order chi connectivity index (χ0) is 14.9. The number of benzene rings is 1. The maximum atomic E-state index is 13.0. The summed E-state index contributed by atoms with van der Waals surface area (Å²) >= 11 is 0. The second-order valence-corrected chi connectivity index (χ2v) is 6.01. The van der Waals surface area contributed by atoms with Crippen molar-refractivity contribution < 1.29 is 9.18 Å². The Kier molecular flexibility index (Phi) is 3.99. The van der Waals surface area contributed by atoms with Crippen LogP contribution in [-0.4, -0.2) is 28.9 Å². The Labute approximate surface area is 119 Å². The Balaban J connectivity index is 2.08. The molecule has 20 heavy (non-hydrogen) atoms. The molecular formula is C15H22FN3O. The highest BCUT2D eigenvalue weighted by Gasteiger charge is 2.37. The summed E-state index contributed by atoms with van der Waals surface area (Å²) in [5.74, 6) is -0.521. The summed E-state index contributed by atoms with van der Waals surface area (Å²) in [4.78, 5) is 14.5. The molecule has 1 aromatic rings. The van der Waals surface area contributed by atoms with Gasteiger partial charge in [-0.1, -0.05) is 0 Å². The number of hydrogen-bond acceptors (Lipinski definition) is 3. The summed E-state index contributed by atoms with van der Waals surface area (Å²) in [5.41, 5.74) is 6.44. The van der Waals surface area contributed by atoms with E-state index in [1.54, 1.807) is 0 Å². The van der Waals surface area contributed by atoms with E-state index in [0.717, 1.165) is 19.4 Å². The van der Waals surface area contributed by atoms with Crippen LogP contribution >= 0.6 is 0 Å². The molecule has 5 heteroatoms. The van der Waals surface area contributed by atoms with E-state index < -0.39 is 5.82 Å². The minimum Gasteiger partial charge on any atom is -0.397 e. The van der Waals surface area contributed by atoms with E-state index in [1.807, 2.05) is 6.92 Å². The lowest BCUT2D eigenvalue weighted by Gasteiger charge is -2.35. The maximum Gasteiger partial charge on any atom is 0.241 e. The number of halogens is 1. The Morgan fingerprint density at radius 2 is 2.20 bits per heavy atom. The molecule has 4 nitrogen and oxygen atoms in total. The number of nitrogens with zero attached hydrogens (tertiary/aromatic N) is 1. The molecule has 1 saturated heterocycles. The van der Waals surface area contributed by atoms with E-state index in [2.05, 4.69) is 24.1 Å². The van der Waals surface area contributed by atoms with Crippen LogP contribution in [0.5, 0.6) is 0 Å². The predicted molar refractivity (Wildman–Crippen MR) is 78.9 cm³/mol. The number of likely N-dealkylation sites (tertiary alicyclic amines) is 1. The fourth-order valence-electron chi connectivity index (χ4n) is 2.87. The molecule has 0 radical (unpaired) electrons. The first-order valence-corrected chi connectivity index (χ1v) is 6.94. The van der Waals surface area contributed by atoms with Crippen molar-refractivity contribution in [3.05, 3.63) is 24.0 Å². The molecule has 0 bridgehead atoms. The van der Waals surface area contributed by atoms with E-state index in [9.17, 15) is 9.18 Å². The van der Waals surface area contributed by atoms with Crippen LogP contribution < -0.4 is 11.1 Å². The quantitative estimate of drug-likeness (QED) is 0.836.